The van der Waals surface area contributed by atoms with E-state index in [1.54, 1.807) is 12.4 Å². The second-order valence-corrected chi connectivity index (χ2v) is 7.30. The van der Waals surface area contributed by atoms with Gasteiger partial charge in [-0.1, -0.05) is 25.1 Å². The highest BCUT2D eigenvalue weighted by Gasteiger charge is 2.22. The maximum atomic E-state index is 12.8. The van der Waals surface area contributed by atoms with Crippen molar-refractivity contribution >= 4 is 11.7 Å². The molecular weight excluding hydrogens is 378 g/mol. The summed E-state index contributed by atoms with van der Waals surface area (Å²) < 4.78 is 5.78. The maximum absolute atomic E-state index is 12.8. The summed E-state index contributed by atoms with van der Waals surface area (Å²) >= 11 is 0. The Labute approximate surface area is 176 Å². The highest BCUT2D eigenvalue weighted by atomic mass is 16.5. The molecule has 3 aromatic rings. The van der Waals surface area contributed by atoms with Gasteiger partial charge in [-0.3, -0.25) is 14.6 Å². The Bertz CT molecular complexity index is 1020. The first kappa shape index (κ1) is 21.3. The lowest BCUT2D eigenvalue weighted by molar-refractivity contribution is 0.0934. The second kappa shape index (κ2) is 9.39. The molecule has 2 aromatic heterocycles. The zero-order valence-electron chi connectivity index (χ0n) is 17.8. The van der Waals surface area contributed by atoms with Crippen molar-refractivity contribution in [1.82, 2.24) is 15.3 Å². The van der Waals surface area contributed by atoms with Crippen LogP contribution in [0, 0.1) is 6.92 Å². The van der Waals surface area contributed by atoms with Gasteiger partial charge in [-0.05, 0) is 56.5 Å². The number of carbonyl (C=O) groups is 2. The number of rotatable bonds is 8. The van der Waals surface area contributed by atoms with Gasteiger partial charge in [0.2, 0.25) is 0 Å². The van der Waals surface area contributed by atoms with Crippen molar-refractivity contribution in [1.29, 1.82) is 0 Å². The van der Waals surface area contributed by atoms with Crippen LogP contribution in [0.4, 0.5) is 0 Å². The van der Waals surface area contributed by atoms with Gasteiger partial charge in [-0.2, -0.15) is 0 Å². The molecule has 0 radical (unpaired) electrons. The first-order chi connectivity index (χ1) is 14.4. The van der Waals surface area contributed by atoms with E-state index in [0.717, 1.165) is 28.1 Å². The number of ketones is 1. The lowest BCUT2D eigenvalue weighted by Gasteiger charge is -2.15. The summed E-state index contributed by atoms with van der Waals surface area (Å²) in [4.78, 5) is 31.9. The van der Waals surface area contributed by atoms with Crippen molar-refractivity contribution < 1.29 is 14.3 Å². The van der Waals surface area contributed by atoms with Crippen molar-refractivity contribution in [2.75, 3.05) is 0 Å². The molecule has 0 aliphatic heterocycles. The Morgan fingerprint density at radius 1 is 1.20 bits per heavy atom. The minimum Gasteiger partial charge on any atom is -0.489 e. The second-order valence-electron chi connectivity index (χ2n) is 7.30. The van der Waals surface area contributed by atoms with Crippen LogP contribution in [0.1, 0.15) is 70.0 Å². The number of nitrogens with one attached hydrogen (secondary N) is 2. The zero-order valence-corrected chi connectivity index (χ0v) is 17.8. The molecule has 0 aliphatic rings. The third-order valence-corrected chi connectivity index (χ3v) is 5.08. The lowest BCUT2D eigenvalue weighted by atomic mass is 10.0. The number of Topliss-reactive ketones (excluding diaryl/α,β-unsaturated/α-hetero) is 1. The van der Waals surface area contributed by atoms with Gasteiger partial charge >= 0.3 is 0 Å². The predicted molar refractivity (Wildman–Crippen MR) is 116 cm³/mol. The molecule has 0 aliphatic carbocycles. The van der Waals surface area contributed by atoms with Gasteiger partial charge in [-0.15, -0.1) is 0 Å². The van der Waals surface area contributed by atoms with Crippen LogP contribution in [-0.4, -0.2) is 21.7 Å². The summed E-state index contributed by atoms with van der Waals surface area (Å²) in [7, 11) is 0. The zero-order chi connectivity index (χ0) is 21.7. The molecular formula is C24H27N3O3. The number of ether oxygens (including phenoxy) is 1. The number of hydrogen-bond donors (Lipinski definition) is 2. The van der Waals surface area contributed by atoms with E-state index in [0.29, 0.717) is 24.3 Å². The number of aromatic amines is 1. The van der Waals surface area contributed by atoms with E-state index in [-0.39, 0.29) is 17.7 Å². The molecule has 30 heavy (non-hydrogen) atoms. The normalized spacial score (nSPS) is 11.7. The first-order valence-corrected chi connectivity index (χ1v) is 10.1. The van der Waals surface area contributed by atoms with E-state index < -0.39 is 0 Å². The minimum absolute atomic E-state index is 0.0328. The number of nitrogens with zero attached hydrogens (tertiary/aromatic N) is 1. The van der Waals surface area contributed by atoms with Gasteiger partial charge in [0.15, 0.2) is 5.78 Å². The largest absolute Gasteiger partial charge is 0.489 e. The summed E-state index contributed by atoms with van der Waals surface area (Å²) in [5.41, 5.74) is 4.54. The van der Waals surface area contributed by atoms with Crippen molar-refractivity contribution in [3.63, 3.8) is 0 Å². The third kappa shape index (κ3) is 4.76. The summed E-state index contributed by atoms with van der Waals surface area (Å²) in [5.74, 6) is 0.502. The fourth-order valence-corrected chi connectivity index (χ4v) is 3.56. The fourth-order valence-electron chi connectivity index (χ4n) is 3.56. The molecule has 156 valence electrons. The smallest absolute Gasteiger partial charge is 0.268 e. The number of benzene rings is 1. The molecule has 1 amide bonds. The summed E-state index contributed by atoms with van der Waals surface area (Å²) in [6.45, 7) is 7.66. The molecule has 2 heterocycles. The average Bonchev–Trinajstić information content (AvgIpc) is 3.10. The number of aromatic nitrogens is 2. The minimum atomic E-state index is -0.216. The Balaban J connectivity index is 1.66. The van der Waals surface area contributed by atoms with E-state index >= 15 is 0 Å². The van der Waals surface area contributed by atoms with Crippen LogP contribution in [-0.2, 0) is 13.0 Å². The van der Waals surface area contributed by atoms with Gasteiger partial charge in [0.25, 0.3) is 5.91 Å². The molecule has 0 spiro atoms. The van der Waals surface area contributed by atoms with E-state index in [2.05, 4.69) is 15.3 Å². The number of amides is 1. The average molecular weight is 405 g/mol. The Hall–Kier alpha value is -3.41. The number of carbonyl (C=O) groups excluding carboxylic acids is 2. The fraction of sp³-hybridized carbons (Fsp3) is 0.292. The number of hydrogen-bond acceptors (Lipinski definition) is 4. The van der Waals surface area contributed by atoms with Crippen LogP contribution in [0.15, 0.2) is 48.8 Å². The number of H-pyrrole nitrogens is 1. The summed E-state index contributed by atoms with van der Waals surface area (Å²) in [5, 5.41) is 3.01. The highest BCUT2D eigenvalue weighted by Crippen LogP contribution is 2.22. The van der Waals surface area contributed by atoms with Crippen LogP contribution in [0.25, 0.3) is 0 Å². The molecule has 6 heteroatoms. The van der Waals surface area contributed by atoms with Crippen molar-refractivity contribution in [2.24, 2.45) is 0 Å². The van der Waals surface area contributed by atoms with Crippen LogP contribution < -0.4 is 10.1 Å². The summed E-state index contributed by atoms with van der Waals surface area (Å²) in [6, 6.07) is 11.3. The SMILES string of the molecule is CCc1c(C(=O)NC(C)c2ccc(OCc3cccnc3)cc2)[nH]c(C)c1C(C)=O. The topological polar surface area (TPSA) is 84.1 Å². The molecule has 0 saturated heterocycles. The predicted octanol–water partition coefficient (Wildman–Crippen LogP) is 4.55. The quantitative estimate of drug-likeness (QED) is 0.539. The Morgan fingerprint density at radius 2 is 1.93 bits per heavy atom. The molecule has 2 N–H and O–H groups in total. The van der Waals surface area contributed by atoms with Gasteiger partial charge in [0, 0.05) is 29.2 Å². The van der Waals surface area contributed by atoms with Crippen LogP contribution in [0.5, 0.6) is 5.75 Å². The molecule has 1 unspecified atom stereocenters. The Kier molecular flexibility index (Phi) is 6.67. The monoisotopic (exact) mass is 405 g/mol. The molecule has 0 bridgehead atoms. The molecule has 1 atom stereocenters. The van der Waals surface area contributed by atoms with Crippen molar-refractivity contribution in [3.8, 4) is 5.75 Å². The first-order valence-electron chi connectivity index (χ1n) is 10.1. The van der Waals surface area contributed by atoms with Gasteiger partial charge < -0.3 is 15.0 Å². The van der Waals surface area contributed by atoms with Crippen molar-refractivity contribution in [3.05, 3.63) is 82.4 Å². The van der Waals surface area contributed by atoms with Gasteiger partial charge in [-0.25, -0.2) is 0 Å². The molecule has 1 aromatic carbocycles. The van der Waals surface area contributed by atoms with Crippen molar-refractivity contribution in [2.45, 2.75) is 46.8 Å². The number of pyridine rings is 1. The highest BCUT2D eigenvalue weighted by molar-refractivity contribution is 6.02. The number of aryl methyl sites for hydroxylation is 1. The van der Waals surface area contributed by atoms with Gasteiger partial charge in [0.05, 0.1) is 6.04 Å². The lowest BCUT2D eigenvalue weighted by Crippen LogP contribution is -2.27. The summed E-state index contributed by atoms with van der Waals surface area (Å²) in [6.07, 6.45) is 4.11. The van der Waals surface area contributed by atoms with E-state index in [4.69, 9.17) is 4.74 Å². The Morgan fingerprint density at radius 3 is 2.53 bits per heavy atom. The molecule has 0 saturated carbocycles. The molecule has 0 fully saturated rings. The third-order valence-electron chi connectivity index (χ3n) is 5.08. The van der Waals surface area contributed by atoms with Gasteiger partial charge in [0.1, 0.15) is 18.1 Å². The maximum Gasteiger partial charge on any atom is 0.268 e. The molecule has 6 nitrogen and oxygen atoms in total. The van der Waals surface area contributed by atoms with E-state index in [9.17, 15) is 9.59 Å². The standard InChI is InChI=1S/C24H27N3O3/c1-5-21-22(17(4)28)16(3)26-23(21)24(29)27-15(2)19-8-10-20(11-9-19)30-14-18-7-6-12-25-13-18/h6-13,15,26H,5,14H2,1-4H3,(H,27,29). The van der Waals surface area contributed by atoms with Crippen LogP contribution in [0.3, 0.4) is 0 Å². The van der Waals surface area contributed by atoms with Crippen LogP contribution in [0.2, 0.25) is 0 Å². The van der Waals surface area contributed by atoms with Crippen LogP contribution >= 0.6 is 0 Å². The van der Waals surface area contributed by atoms with E-state index in [1.165, 1.54) is 6.92 Å². The molecule has 3 rings (SSSR count). The van der Waals surface area contributed by atoms with E-state index in [1.807, 2.05) is 57.2 Å².